The Bertz CT molecular complexity index is 800. The molecule has 2 aromatic rings. The van der Waals surface area contributed by atoms with Gasteiger partial charge in [0.25, 0.3) is 0 Å². The molecule has 1 N–H and O–H groups in total. The van der Waals surface area contributed by atoms with Gasteiger partial charge in [0, 0.05) is 11.5 Å². The number of rotatable bonds is 4. The maximum absolute atomic E-state index is 11.9. The van der Waals surface area contributed by atoms with Crippen molar-refractivity contribution >= 4 is 22.7 Å². The van der Waals surface area contributed by atoms with Gasteiger partial charge in [-0.1, -0.05) is 0 Å². The third-order valence-electron chi connectivity index (χ3n) is 3.07. The molecule has 0 amide bonds. The maximum atomic E-state index is 11.9. The zero-order valence-corrected chi connectivity index (χ0v) is 11.9. The molecule has 2 rings (SSSR count). The molecule has 21 heavy (non-hydrogen) atoms. The zero-order chi connectivity index (χ0) is 15.7. The van der Waals surface area contributed by atoms with Gasteiger partial charge in [0.15, 0.2) is 18.0 Å². The van der Waals surface area contributed by atoms with Gasteiger partial charge in [-0.3, -0.25) is 4.79 Å². The van der Waals surface area contributed by atoms with Crippen molar-refractivity contribution in [1.29, 1.82) is 0 Å². The van der Waals surface area contributed by atoms with Gasteiger partial charge in [0.2, 0.25) is 0 Å². The number of carboxylic acids is 1. The molecule has 1 aromatic carbocycles. The summed E-state index contributed by atoms with van der Waals surface area (Å²) in [5.74, 6) is -1.39. The van der Waals surface area contributed by atoms with Crippen molar-refractivity contribution in [2.45, 2.75) is 20.8 Å². The molecule has 0 aliphatic rings. The summed E-state index contributed by atoms with van der Waals surface area (Å²) in [5.41, 5.74) is 0.920. The van der Waals surface area contributed by atoms with E-state index in [4.69, 9.17) is 14.3 Å². The number of Topliss-reactive ketones (excluding diaryl/α,β-unsaturated/α-hetero) is 1. The molecule has 0 saturated carbocycles. The number of benzene rings is 1. The average Bonchev–Trinajstić information content (AvgIpc) is 2.36. The molecule has 0 bridgehead atoms. The van der Waals surface area contributed by atoms with Crippen LogP contribution >= 0.6 is 0 Å². The van der Waals surface area contributed by atoms with Crippen molar-refractivity contribution in [2.24, 2.45) is 0 Å². The summed E-state index contributed by atoms with van der Waals surface area (Å²) < 4.78 is 10.3. The van der Waals surface area contributed by atoms with Crippen LogP contribution in [0.5, 0.6) is 5.75 Å². The van der Waals surface area contributed by atoms with Gasteiger partial charge in [0.1, 0.15) is 11.3 Å². The molecule has 6 heteroatoms. The number of fused-ring (bicyclic) bond motifs is 1. The molecule has 0 unspecified atom stereocenters. The van der Waals surface area contributed by atoms with Crippen LogP contribution in [0, 0.1) is 13.8 Å². The molecule has 0 aliphatic carbocycles. The van der Waals surface area contributed by atoms with E-state index in [1.807, 2.05) is 0 Å². The van der Waals surface area contributed by atoms with E-state index < -0.39 is 18.2 Å². The first-order valence-corrected chi connectivity index (χ1v) is 6.25. The van der Waals surface area contributed by atoms with Crippen LogP contribution in [0.15, 0.2) is 21.3 Å². The minimum absolute atomic E-state index is 0.0899. The van der Waals surface area contributed by atoms with Crippen LogP contribution in [0.3, 0.4) is 0 Å². The van der Waals surface area contributed by atoms with E-state index in [9.17, 15) is 14.4 Å². The first-order chi connectivity index (χ1) is 9.81. The fraction of sp³-hybridized carbons (Fsp3) is 0.267. The van der Waals surface area contributed by atoms with Gasteiger partial charge in [-0.25, -0.2) is 9.59 Å². The smallest absolute Gasteiger partial charge is 0.341 e. The quantitative estimate of drug-likeness (QED) is 0.684. The van der Waals surface area contributed by atoms with E-state index in [2.05, 4.69) is 0 Å². The monoisotopic (exact) mass is 290 g/mol. The molecule has 0 atom stereocenters. The highest BCUT2D eigenvalue weighted by Crippen LogP contribution is 2.33. The van der Waals surface area contributed by atoms with Crippen LogP contribution in [0.1, 0.15) is 28.4 Å². The van der Waals surface area contributed by atoms with Gasteiger partial charge in [-0.15, -0.1) is 0 Å². The lowest BCUT2D eigenvalue weighted by atomic mass is 10.00. The van der Waals surface area contributed by atoms with Crippen LogP contribution in [0.25, 0.3) is 11.0 Å². The number of hydrogen-bond acceptors (Lipinski definition) is 5. The third kappa shape index (κ3) is 2.79. The Morgan fingerprint density at radius 2 is 1.90 bits per heavy atom. The van der Waals surface area contributed by atoms with Crippen LogP contribution in [-0.4, -0.2) is 23.5 Å². The van der Waals surface area contributed by atoms with Gasteiger partial charge < -0.3 is 14.3 Å². The summed E-state index contributed by atoms with van der Waals surface area (Å²) in [6, 6.07) is 3.04. The number of aliphatic carboxylic acids is 1. The molecule has 0 radical (unpaired) electrons. The minimum atomic E-state index is -1.16. The number of carbonyl (C=O) groups is 2. The van der Waals surface area contributed by atoms with Crippen molar-refractivity contribution in [3.05, 3.63) is 39.2 Å². The van der Waals surface area contributed by atoms with E-state index in [1.54, 1.807) is 19.9 Å². The molecule has 1 aromatic heterocycles. The lowest BCUT2D eigenvalue weighted by Gasteiger charge is -2.14. The second-order valence-electron chi connectivity index (χ2n) is 4.76. The van der Waals surface area contributed by atoms with Crippen LogP contribution < -0.4 is 10.4 Å². The highest BCUT2D eigenvalue weighted by Gasteiger charge is 2.20. The summed E-state index contributed by atoms with van der Waals surface area (Å²) in [6.45, 7) is 4.17. The van der Waals surface area contributed by atoms with Crippen molar-refractivity contribution in [2.75, 3.05) is 6.61 Å². The summed E-state index contributed by atoms with van der Waals surface area (Å²) in [5, 5.41) is 9.34. The predicted octanol–water partition coefficient (Wildman–Crippen LogP) is 2.08. The van der Waals surface area contributed by atoms with Gasteiger partial charge in [-0.2, -0.15) is 0 Å². The maximum Gasteiger partial charge on any atom is 0.341 e. The third-order valence-corrected chi connectivity index (χ3v) is 3.07. The first-order valence-electron chi connectivity index (χ1n) is 6.25. The largest absolute Gasteiger partial charge is 0.481 e. The zero-order valence-electron chi connectivity index (χ0n) is 11.9. The standard InChI is InChI=1S/C15H14O6/c1-7-5-12(19)21-15-10(7)4-8(2)14(13(15)9(3)16)20-6-11(17)18/h4-5H,6H2,1-3H3,(H,17,18). The molecule has 1 heterocycles. The fourth-order valence-corrected chi connectivity index (χ4v) is 2.21. The molecule has 0 saturated heterocycles. The Hall–Kier alpha value is -2.63. The van der Waals surface area contributed by atoms with Gasteiger partial charge in [0.05, 0.1) is 0 Å². The topological polar surface area (TPSA) is 93.8 Å². The molecule has 6 nitrogen and oxygen atoms in total. The number of aryl methyl sites for hydroxylation is 2. The molecular weight excluding hydrogens is 276 g/mol. The number of carboxylic acid groups (broad SMARTS) is 1. The van der Waals surface area contributed by atoms with E-state index in [0.29, 0.717) is 16.5 Å². The van der Waals surface area contributed by atoms with Crippen LogP contribution in [0.4, 0.5) is 0 Å². The summed E-state index contributed by atoms with van der Waals surface area (Å²) in [7, 11) is 0. The Morgan fingerprint density at radius 3 is 2.48 bits per heavy atom. The molecule has 0 aliphatic heterocycles. The summed E-state index contributed by atoms with van der Waals surface area (Å²) in [4.78, 5) is 34.1. The van der Waals surface area contributed by atoms with Crippen LogP contribution in [-0.2, 0) is 4.79 Å². The lowest BCUT2D eigenvalue weighted by molar-refractivity contribution is -0.139. The average molecular weight is 290 g/mol. The molecule has 110 valence electrons. The van der Waals surface area contributed by atoms with E-state index in [0.717, 1.165) is 0 Å². The highest BCUT2D eigenvalue weighted by molar-refractivity contribution is 6.08. The SMILES string of the molecule is CC(=O)c1c(OCC(=O)O)c(C)cc2c(C)cc(=O)oc12. The number of hydrogen-bond donors (Lipinski definition) is 1. The minimum Gasteiger partial charge on any atom is -0.481 e. The Labute approximate surface area is 119 Å². The first kappa shape index (κ1) is 14.8. The fourth-order valence-electron chi connectivity index (χ4n) is 2.21. The van der Waals surface area contributed by atoms with Crippen LogP contribution in [0.2, 0.25) is 0 Å². The number of ether oxygens (including phenoxy) is 1. The number of carbonyl (C=O) groups excluding carboxylic acids is 1. The number of ketones is 1. The predicted molar refractivity (Wildman–Crippen MR) is 75.1 cm³/mol. The van der Waals surface area contributed by atoms with Crippen molar-refractivity contribution in [3.8, 4) is 5.75 Å². The molecular formula is C15H14O6. The Morgan fingerprint density at radius 1 is 1.24 bits per heavy atom. The van der Waals surface area contributed by atoms with Crippen molar-refractivity contribution < 1.29 is 23.8 Å². The second kappa shape index (κ2) is 5.40. The Kier molecular flexibility index (Phi) is 3.80. The normalized spacial score (nSPS) is 10.6. The van der Waals surface area contributed by atoms with Crippen molar-refractivity contribution in [3.63, 3.8) is 0 Å². The summed E-state index contributed by atoms with van der Waals surface area (Å²) in [6.07, 6.45) is 0. The van der Waals surface area contributed by atoms with Gasteiger partial charge in [-0.05, 0) is 38.0 Å². The molecule has 0 spiro atoms. The Balaban J connectivity index is 2.82. The molecule has 0 fully saturated rings. The van der Waals surface area contributed by atoms with Gasteiger partial charge >= 0.3 is 11.6 Å². The highest BCUT2D eigenvalue weighted by atomic mass is 16.5. The van der Waals surface area contributed by atoms with E-state index in [-0.39, 0.29) is 22.7 Å². The van der Waals surface area contributed by atoms with E-state index in [1.165, 1.54) is 13.0 Å². The lowest BCUT2D eigenvalue weighted by Crippen LogP contribution is -2.13. The van der Waals surface area contributed by atoms with Crippen molar-refractivity contribution in [1.82, 2.24) is 0 Å². The van der Waals surface area contributed by atoms with E-state index >= 15 is 0 Å². The summed E-state index contributed by atoms with van der Waals surface area (Å²) >= 11 is 0. The second-order valence-corrected chi connectivity index (χ2v) is 4.76.